The molecule has 0 aromatic heterocycles. The first-order chi connectivity index (χ1) is 47.0. The van der Waals surface area contributed by atoms with E-state index in [2.05, 4.69) is 208 Å². The van der Waals surface area contributed by atoms with Crippen molar-refractivity contribution >= 4 is 20.6 Å². The second-order valence-corrected chi connectivity index (χ2v) is 29.7. The minimum atomic E-state index is -5.55. The van der Waals surface area contributed by atoms with Gasteiger partial charge in [0.2, 0.25) is 15.3 Å². The Balaban J connectivity index is 0.000000194. The van der Waals surface area contributed by atoms with E-state index in [0.29, 0.717) is 32.0 Å². The third-order valence-electron chi connectivity index (χ3n) is 20.0. The van der Waals surface area contributed by atoms with E-state index in [1.807, 2.05) is 52.0 Å². The van der Waals surface area contributed by atoms with Crippen LogP contribution in [-0.2, 0) is 15.3 Å². The highest BCUT2D eigenvalue weighted by Gasteiger charge is 2.72. The Labute approximate surface area is 599 Å². The molecule has 0 radical (unpaired) electrons. The zero-order valence-corrected chi connectivity index (χ0v) is 64.5. The summed E-state index contributed by atoms with van der Waals surface area (Å²) in [5.74, 6) is 1.80. The van der Waals surface area contributed by atoms with Crippen molar-refractivity contribution in [3.63, 3.8) is 0 Å². The highest BCUT2D eigenvalue weighted by atomic mass is 32.2. The summed E-state index contributed by atoms with van der Waals surface area (Å²) in [7, 11) is -3.42. The molecule has 0 spiro atoms. The van der Waals surface area contributed by atoms with E-state index in [-0.39, 0.29) is 0 Å². The topological polar surface area (TPSA) is 43.4 Å². The second-order valence-electron chi connectivity index (χ2n) is 27.7. The number of hydrogen-bond acceptors (Lipinski definition) is 3. The summed E-state index contributed by atoms with van der Waals surface area (Å²) in [5, 5.41) is 2.87. The molecule has 0 atom stereocenters. The molecule has 0 heterocycles. The molecular weight excluding hydrogens is 1290 g/mol. The smallest absolute Gasteiger partial charge is 0.411 e. The first-order valence-corrected chi connectivity index (χ1v) is 35.6. The molecule has 11 aromatic rings. The van der Waals surface area contributed by atoms with E-state index in [9.17, 15) is 34.8 Å². The van der Waals surface area contributed by atoms with Gasteiger partial charge >= 0.3 is 12.4 Å². The van der Waals surface area contributed by atoms with E-state index in [0.717, 1.165) is 58.0 Å². The monoisotopic (exact) mass is 1390 g/mol. The van der Waals surface area contributed by atoms with Gasteiger partial charge in [0.25, 0.3) is 0 Å². The summed E-state index contributed by atoms with van der Waals surface area (Å²) < 4.78 is 115. The van der Waals surface area contributed by atoms with Crippen molar-refractivity contribution in [2.75, 3.05) is 0 Å². The first kappa shape index (κ1) is 81.0. The van der Waals surface area contributed by atoms with Gasteiger partial charge in [0.1, 0.15) is 11.5 Å². The van der Waals surface area contributed by atoms with Gasteiger partial charge in [0, 0.05) is 0 Å². The van der Waals surface area contributed by atoms with Crippen molar-refractivity contribution < 1.29 is 39.5 Å². The average molecular weight is 1390 g/mol. The third-order valence-corrected chi connectivity index (χ3v) is 21.7. The molecule has 101 heavy (non-hydrogen) atoms. The van der Waals surface area contributed by atoms with Crippen LogP contribution in [0, 0.1) is 166 Å². The van der Waals surface area contributed by atoms with Crippen molar-refractivity contribution in [1.82, 2.24) is 0 Å². The maximum Gasteiger partial charge on any atom is 0.411 e. The fourth-order valence-electron chi connectivity index (χ4n) is 11.7. The van der Waals surface area contributed by atoms with E-state index in [1.165, 1.54) is 137 Å². The molecule has 0 saturated heterocycles. The minimum absolute atomic E-state index is 0.360. The molecule has 0 saturated carbocycles. The molecule has 532 valence electrons. The molecule has 0 aliphatic carbocycles. The quantitative estimate of drug-likeness (QED) is 0.149. The molecular formula is C91H102F6O3S. The number of ether oxygens (including phenoxy) is 1. The van der Waals surface area contributed by atoms with Crippen LogP contribution in [-0.4, -0.2) is 20.8 Å². The van der Waals surface area contributed by atoms with Gasteiger partial charge < -0.3 is 4.74 Å². The summed E-state index contributed by atoms with van der Waals surface area (Å²) in [4.78, 5) is 0.720. The van der Waals surface area contributed by atoms with E-state index < -0.39 is 38.7 Å². The van der Waals surface area contributed by atoms with Gasteiger partial charge in [0.15, 0.2) is 0 Å². The first-order valence-electron chi connectivity index (χ1n) is 34.2. The molecule has 10 heteroatoms. The lowest BCUT2D eigenvalue weighted by atomic mass is 9.71. The van der Waals surface area contributed by atoms with Crippen LogP contribution in [0.4, 0.5) is 26.3 Å². The average Bonchev–Trinajstić information content (AvgIpc) is 0.714. The normalized spacial score (nSPS) is 11.3. The van der Waals surface area contributed by atoms with Crippen LogP contribution in [0.1, 0.15) is 145 Å². The molecule has 11 aromatic carbocycles. The van der Waals surface area contributed by atoms with Crippen molar-refractivity contribution in [2.45, 2.75) is 194 Å². The molecule has 0 aliphatic rings. The largest absolute Gasteiger partial charge is 0.457 e. The van der Waals surface area contributed by atoms with Crippen LogP contribution in [0.3, 0.4) is 0 Å². The number of benzene rings is 11. The number of halogens is 6. The molecule has 0 aliphatic heterocycles. The van der Waals surface area contributed by atoms with E-state index in [1.54, 1.807) is 38.1 Å². The number of alkyl halides is 6. The molecule has 0 N–H and O–H groups in total. The molecule has 3 nitrogen and oxygen atoms in total. The van der Waals surface area contributed by atoms with E-state index >= 15 is 0 Å². The summed E-state index contributed by atoms with van der Waals surface area (Å²) in [6.07, 6.45) is -11.1. The SMILES string of the molecule is Cc1cc(C)c(C)cc1C.Cc1ccc(-c2ccc(C)c(C)c2)cc1C.Cc1ccc(C(c2ccc(C)c(C)c2)(C(F)(F)F)C(F)(F)F)cc1C.Cc1ccc(C)c2c(C)ccc(C)c12.Cc1ccc(Oc2ccc(C)c(C)c2)cc1C.Cc1ccc(S(=O)(=O)c2ccc(C)c(C)c2)cc1C. The summed E-state index contributed by atoms with van der Waals surface area (Å²) in [5.41, 5.74) is 24.7. The third kappa shape index (κ3) is 19.8. The summed E-state index contributed by atoms with van der Waals surface area (Å²) >= 11 is 0. The fourth-order valence-corrected chi connectivity index (χ4v) is 13.1. The fraction of sp³-hybridized carbons (Fsp3) is 0.297. The van der Waals surface area contributed by atoms with Gasteiger partial charge in [-0.25, -0.2) is 8.42 Å². The van der Waals surface area contributed by atoms with Crippen molar-refractivity contribution in [3.05, 3.63) is 327 Å². The van der Waals surface area contributed by atoms with Gasteiger partial charge in [-0.1, -0.05) is 133 Å². The predicted octanol–water partition coefficient (Wildman–Crippen LogP) is 26.4. The highest BCUT2D eigenvalue weighted by molar-refractivity contribution is 7.91. The zero-order valence-electron chi connectivity index (χ0n) is 63.7. The predicted molar refractivity (Wildman–Crippen MR) is 413 cm³/mol. The number of fused-ring (bicyclic) bond motifs is 1. The Kier molecular flexibility index (Phi) is 27.0. The van der Waals surface area contributed by atoms with Gasteiger partial charge in [-0.2, -0.15) is 26.3 Å². The zero-order chi connectivity index (χ0) is 75.6. The number of rotatable bonds is 7. The van der Waals surface area contributed by atoms with Crippen LogP contribution >= 0.6 is 0 Å². The maximum atomic E-state index is 14.0. The van der Waals surface area contributed by atoms with Gasteiger partial charge in [-0.3, -0.25) is 0 Å². The van der Waals surface area contributed by atoms with Crippen molar-refractivity contribution in [1.29, 1.82) is 0 Å². The standard InChI is InChI=1S/C19H18F6.C16H18O2S.C16H18O.C16H18.C14H16.C10H14/c1-11-5-7-15(9-13(11)3)17(18(20,21)22,19(23,24)25)16-8-6-12(2)14(4)10-16;1-11-5-7-15(9-13(11)3)19(17,18)16-8-6-12(2)14(4)10-16;1-11-5-7-15(9-13(11)3)17-16-8-6-12(2)14(4)10-16;1-11-5-7-15(9-13(11)3)16-8-6-12(2)14(4)10-16;1-9-5-6-11(3)14-12(4)8-7-10(2)13(9)14;1-7-5-9(3)10(4)6-8(7)2/h5-10H,1-4H3;5-10H,1-4H3;5-10H,1-4H3;5-10H,1-4H3;5-8H,1-4H3;5-6H,1-4H3. The van der Waals surface area contributed by atoms with E-state index in [4.69, 9.17) is 4.74 Å². The Morgan fingerprint density at radius 2 is 0.446 bits per heavy atom. The minimum Gasteiger partial charge on any atom is -0.457 e. The Morgan fingerprint density at radius 1 is 0.228 bits per heavy atom. The summed E-state index contributed by atoms with van der Waals surface area (Å²) in [6.45, 7) is 48.5. The summed E-state index contributed by atoms with van der Waals surface area (Å²) in [6, 6.07) is 55.9. The van der Waals surface area contributed by atoms with Gasteiger partial charge in [0.05, 0.1) is 9.79 Å². The molecule has 11 rings (SSSR count). The molecule has 0 amide bonds. The maximum absolute atomic E-state index is 14.0. The second kappa shape index (κ2) is 33.7. The van der Waals surface area contributed by atoms with Gasteiger partial charge in [-0.05, 0) is 381 Å². The van der Waals surface area contributed by atoms with Crippen LogP contribution < -0.4 is 4.74 Å². The Morgan fingerprint density at radius 3 is 0.693 bits per heavy atom. The number of aryl methyl sites for hydroxylation is 24. The van der Waals surface area contributed by atoms with Crippen molar-refractivity contribution in [3.8, 4) is 22.6 Å². The molecule has 0 unspecified atom stereocenters. The lowest BCUT2D eigenvalue weighted by Gasteiger charge is -2.38. The number of sulfone groups is 1. The van der Waals surface area contributed by atoms with Crippen LogP contribution in [0.15, 0.2) is 192 Å². The lowest BCUT2D eigenvalue weighted by molar-refractivity contribution is -0.288. The van der Waals surface area contributed by atoms with Crippen LogP contribution in [0.5, 0.6) is 11.5 Å². The Hall–Kier alpha value is -8.99. The number of hydrogen-bond donors (Lipinski definition) is 0. The lowest BCUT2D eigenvalue weighted by Crippen LogP contribution is -2.54. The van der Waals surface area contributed by atoms with Crippen LogP contribution in [0.2, 0.25) is 0 Å². The van der Waals surface area contributed by atoms with Gasteiger partial charge in [-0.15, -0.1) is 0 Å². The molecule has 0 fully saturated rings. The highest BCUT2D eigenvalue weighted by Crippen LogP contribution is 2.56. The molecule has 0 bridgehead atoms. The van der Waals surface area contributed by atoms with Crippen LogP contribution in [0.25, 0.3) is 21.9 Å². The van der Waals surface area contributed by atoms with Crippen molar-refractivity contribution in [2.24, 2.45) is 0 Å². The Bertz CT molecular complexity index is 4530.